The van der Waals surface area contributed by atoms with E-state index in [-0.39, 0.29) is 17.7 Å². The van der Waals surface area contributed by atoms with Crippen LogP contribution in [-0.2, 0) is 20.7 Å². The summed E-state index contributed by atoms with van der Waals surface area (Å²) in [5.74, 6) is -0.994. The van der Waals surface area contributed by atoms with Gasteiger partial charge in [-0.3, -0.25) is 9.59 Å². The molecule has 3 aromatic rings. The topological polar surface area (TPSA) is 83.7 Å². The van der Waals surface area contributed by atoms with Gasteiger partial charge in [-0.15, -0.1) is 11.3 Å². The molecule has 9 heteroatoms. The number of hydrogen-bond donors (Lipinski definition) is 2. The first-order valence-corrected chi connectivity index (χ1v) is 11.7. The zero-order chi connectivity index (χ0) is 22.5. The van der Waals surface area contributed by atoms with E-state index in [1.165, 1.54) is 11.3 Å². The van der Waals surface area contributed by atoms with Crippen LogP contribution < -0.4 is 10.2 Å². The number of nitrogens with one attached hydrogen (secondary N) is 2. The van der Waals surface area contributed by atoms with E-state index in [0.717, 1.165) is 21.5 Å². The Morgan fingerprint density at radius 2 is 2.03 bits per heavy atom. The normalized spacial score (nSPS) is 21.0. The summed E-state index contributed by atoms with van der Waals surface area (Å²) >= 11 is 7.40. The lowest BCUT2D eigenvalue weighted by molar-refractivity contribution is -0.260. The number of hydrogen-bond acceptors (Lipinski definition) is 5. The van der Waals surface area contributed by atoms with Crippen LogP contribution in [0.1, 0.15) is 29.9 Å². The molecule has 1 fully saturated rings. The first-order chi connectivity index (χ1) is 15.3. The fourth-order valence-corrected chi connectivity index (χ4v) is 5.33. The van der Waals surface area contributed by atoms with E-state index in [9.17, 15) is 9.59 Å². The van der Waals surface area contributed by atoms with Gasteiger partial charge in [-0.05, 0) is 37.6 Å². The SMILES string of the molecule is CC1(C)OCC(CN2C(=O)C(NC(=O)c3cc4cc(Cl)sc4[nH]3)Cc3ccccc32)CO1. The molecule has 1 aromatic carbocycles. The number of amides is 2. The van der Waals surface area contributed by atoms with Gasteiger partial charge in [0.05, 0.1) is 17.6 Å². The van der Waals surface area contributed by atoms with E-state index in [2.05, 4.69) is 10.3 Å². The van der Waals surface area contributed by atoms with E-state index in [4.69, 9.17) is 21.1 Å². The maximum absolute atomic E-state index is 13.4. The van der Waals surface area contributed by atoms with Crippen LogP contribution in [0.25, 0.3) is 10.2 Å². The lowest BCUT2D eigenvalue weighted by Crippen LogP contribution is -2.55. The number of fused-ring (bicyclic) bond motifs is 2. The molecule has 2 aromatic heterocycles. The average molecular weight is 474 g/mol. The van der Waals surface area contributed by atoms with Gasteiger partial charge in [-0.2, -0.15) is 0 Å². The molecule has 2 aliphatic heterocycles. The summed E-state index contributed by atoms with van der Waals surface area (Å²) in [5.41, 5.74) is 2.31. The fourth-order valence-electron chi connectivity index (χ4n) is 4.20. The van der Waals surface area contributed by atoms with Crippen molar-refractivity contribution in [2.24, 2.45) is 5.92 Å². The minimum absolute atomic E-state index is 0.0504. The quantitative estimate of drug-likeness (QED) is 0.600. The van der Waals surface area contributed by atoms with Crippen molar-refractivity contribution >= 4 is 50.7 Å². The zero-order valence-electron chi connectivity index (χ0n) is 17.8. The Morgan fingerprint density at radius 3 is 2.78 bits per heavy atom. The average Bonchev–Trinajstić information content (AvgIpc) is 3.30. The Bertz CT molecular complexity index is 1150. The van der Waals surface area contributed by atoms with E-state index in [1.807, 2.05) is 44.2 Å². The third-order valence-corrected chi connectivity index (χ3v) is 7.07. The molecule has 7 nitrogen and oxygen atoms in total. The molecule has 0 saturated carbocycles. The van der Waals surface area contributed by atoms with Crippen molar-refractivity contribution in [2.75, 3.05) is 24.7 Å². The van der Waals surface area contributed by atoms with Crippen LogP contribution >= 0.6 is 22.9 Å². The number of aromatic amines is 1. The Morgan fingerprint density at radius 1 is 1.28 bits per heavy atom. The summed E-state index contributed by atoms with van der Waals surface area (Å²) in [6.07, 6.45) is 0.447. The first kappa shape index (κ1) is 21.5. The number of nitrogens with zero attached hydrogens (tertiary/aromatic N) is 1. The van der Waals surface area contributed by atoms with E-state index in [1.54, 1.807) is 11.0 Å². The summed E-state index contributed by atoms with van der Waals surface area (Å²) in [4.78, 5) is 32.0. The minimum atomic E-state index is -0.649. The van der Waals surface area contributed by atoms with Crippen LogP contribution in [0.5, 0.6) is 0 Å². The van der Waals surface area contributed by atoms with Gasteiger partial charge in [0, 0.05) is 30.0 Å². The van der Waals surface area contributed by atoms with Crippen molar-refractivity contribution in [3.63, 3.8) is 0 Å². The summed E-state index contributed by atoms with van der Waals surface area (Å²) in [6, 6.07) is 10.7. The molecule has 0 spiro atoms. The highest BCUT2D eigenvalue weighted by molar-refractivity contribution is 7.22. The minimum Gasteiger partial charge on any atom is -0.350 e. The fraction of sp³-hybridized carbons (Fsp3) is 0.391. The second kappa shape index (κ2) is 8.19. The van der Waals surface area contributed by atoms with Crippen molar-refractivity contribution in [2.45, 2.75) is 32.1 Å². The Kier molecular flexibility index (Phi) is 5.49. The molecule has 32 heavy (non-hydrogen) atoms. The molecule has 2 aliphatic rings. The summed E-state index contributed by atoms with van der Waals surface area (Å²) < 4.78 is 12.2. The highest BCUT2D eigenvalue weighted by atomic mass is 35.5. The molecule has 0 aliphatic carbocycles. The molecule has 2 amide bonds. The number of rotatable bonds is 4. The number of benzene rings is 1. The highest BCUT2D eigenvalue weighted by Crippen LogP contribution is 2.31. The molecule has 5 rings (SSSR count). The highest BCUT2D eigenvalue weighted by Gasteiger charge is 2.37. The van der Waals surface area contributed by atoms with E-state index in [0.29, 0.717) is 36.2 Å². The molecule has 2 N–H and O–H groups in total. The number of thiophene rings is 1. The third-order valence-electron chi connectivity index (χ3n) is 5.87. The van der Waals surface area contributed by atoms with Crippen LogP contribution in [0, 0.1) is 5.92 Å². The predicted octanol–water partition coefficient (Wildman–Crippen LogP) is 3.97. The van der Waals surface area contributed by atoms with Crippen LogP contribution in [0.4, 0.5) is 5.69 Å². The number of carbonyl (C=O) groups excluding carboxylic acids is 2. The number of halogens is 1. The van der Waals surface area contributed by atoms with Crippen LogP contribution in [0.3, 0.4) is 0 Å². The standard InChI is InChI=1S/C23H24ClN3O4S/c1-23(2)30-11-13(12-31-23)10-27-18-6-4-3-5-14(18)7-17(22(27)29)25-20(28)16-8-15-9-19(24)32-21(15)26-16/h3-6,8-9,13,17,26H,7,10-12H2,1-2H3,(H,25,28). The van der Waals surface area contributed by atoms with Gasteiger partial charge in [0.1, 0.15) is 16.6 Å². The summed E-state index contributed by atoms with van der Waals surface area (Å²) in [5, 5.41) is 3.80. The monoisotopic (exact) mass is 473 g/mol. The number of carbonyl (C=O) groups is 2. The number of anilines is 1. The van der Waals surface area contributed by atoms with Gasteiger partial charge in [0.25, 0.3) is 5.91 Å². The second-order valence-corrected chi connectivity index (χ2v) is 10.4. The smallest absolute Gasteiger partial charge is 0.268 e. The van der Waals surface area contributed by atoms with Crippen molar-refractivity contribution in [1.82, 2.24) is 10.3 Å². The number of aromatic nitrogens is 1. The lowest BCUT2D eigenvalue weighted by atomic mass is 9.95. The second-order valence-electron chi connectivity index (χ2n) is 8.71. The molecule has 1 atom stereocenters. The Balaban J connectivity index is 1.35. The van der Waals surface area contributed by atoms with Gasteiger partial charge >= 0.3 is 0 Å². The molecule has 1 saturated heterocycles. The number of ether oxygens (including phenoxy) is 2. The first-order valence-electron chi connectivity index (χ1n) is 10.6. The molecular weight excluding hydrogens is 450 g/mol. The number of H-pyrrole nitrogens is 1. The summed E-state index contributed by atoms with van der Waals surface area (Å²) in [7, 11) is 0. The molecule has 4 heterocycles. The molecule has 0 bridgehead atoms. The number of para-hydroxylation sites is 1. The van der Waals surface area contributed by atoms with Crippen molar-refractivity contribution in [1.29, 1.82) is 0 Å². The maximum Gasteiger partial charge on any atom is 0.268 e. The van der Waals surface area contributed by atoms with Gasteiger partial charge in [0.15, 0.2) is 5.79 Å². The molecule has 168 valence electrons. The van der Waals surface area contributed by atoms with Gasteiger partial charge in [-0.1, -0.05) is 29.8 Å². The third kappa shape index (κ3) is 4.15. The van der Waals surface area contributed by atoms with Crippen LogP contribution in [0.2, 0.25) is 4.34 Å². The molecule has 1 unspecified atom stereocenters. The Hall–Kier alpha value is -2.39. The van der Waals surface area contributed by atoms with Gasteiger partial charge < -0.3 is 24.7 Å². The maximum atomic E-state index is 13.4. The predicted molar refractivity (Wildman–Crippen MR) is 124 cm³/mol. The Labute approximate surface area is 194 Å². The van der Waals surface area contributed by atoms with Crippen LogP contribution in [0.15, 0.2) is 36.4 Å². The lowest BCUT2D eigenvalue weighted by Gasteiger charge is -2.40. The molecular formula is C23H24ClN3O4S. The largest absolute Gasteiger partial charge is 0.350 e. The molecule has 0 radical (unpaired) electrons. The van der Waals surface area contributed by atoms with Crippen LogP contribution in [-0.4, -0.2) is 48.4 Å². The van der Waals surface area contributed by atoms with E-state index < -0.39 is 11.8 Å². The van der Waals surface area contributed by atoms with Gasteiger partial charge in [0.2, 0.25) is 5.91 Å². The van der Waals surface area contributed by atoms with Crippen molar-refractivity contribution in [3.8, 4) is 0 Å². The summed E-state index contributed by atoms with van der Waals surface area (Å²) in [6.45, 7) is 5.26. The zero-order valence-corrected chi connectivity index (χ0v) is 19.4. The van der Waals surface area contributed by atoms with Crippen molar-refractivity contribution in [3.05, 3.63) is 52.0 Å². The van der Waals surface area contributed by atoms with Gasteiger partial charge in [-0.25, -0.2) is 0 Å². The van der Waals surface area contributed by atoms with E-state index >= 15 is 0 Å². The van der Waals surface area contributed by atoms with Crippen molar-refractivity contribution < 1.29 is 19.1 Å².